The van der Waals surface area contributed by atoms with E-state index in [1.165, 1.54) is 12.8 Å². The van der Waals surface area contributed by atoms with Crippen molar-refractivity contribution in [2.45, 2.75) is 91.9 Å². The zero-order valence-corrected chi connectivity index (χ0v) is 21.3. The summed E-state index contributed by atoms with van der Waals surface area (Å²) in [5, 5.41) is 29.9. The van der Waals surface area contributed by atoms with Crippen molar-refractivity contribution in [1.82, 2.24) is 0 Å². The minimum Gasteiger partial charge on any atom is -0.550 e. The third kappa shape index (κ3) is 14.8. The van der Waals surface area contributed by atoms with Gasteiger partial charge >= 0.3 is 11.9 Å². The molecule has 0 spiro atoms. The van der Waals surface area contributed by atoms with Gasteiger partial charge in [0.1, 0.15) is 0 Å². The maximum absolute atomic E-state index is 11.4. The van der Waals surface area contributed by atoms with Gasteiger partial charge in [-0.25, -0.2) is 0 Å². The average Bonchev–Trinajstić information content (AvgIpc) is 2.77. The lowest BCUT2D eigenvalue weighted by Gasteiger charge is -2.41. The molecule has 0 rings (SSSR count). The lowest BCUT2D eigenvalue weighted by Crippen LogP contribution is -2.52. The molecule has 0 aliphatic heterocycles. The number of rotatable bonds is 21. The van der Waals surface area contributed by atoms with Gasteiger partial charge in [-0.2, -0.15) is 0 Å². The van der Waals surface area contributed by atoms with Crippen LogP contribution in [0, 0.1) is 17.8 Å². The van der Waals surface area contributed by atoms with Gasteiger partial charge in [-0.3, -0.25) is 9.59 Å². The molecule has 0 aromatic rings. The highest BCUT2D eigenvalue weighted by atomic mass is 16.4. The molecule has 0 heterocycles. The van der Waals surface area contributed by atoms with Gasteiger partial charge in [-0.15, -0.1) is 0 Å². The second kappa shape index (κ2) is 17.6. The van der Waals surface area contributed by atoms with E-state index < -0.39 is 35.7 Å². The molecule has 3 atom stereocenters. The highest BCUT2D eigenvalue weighted by molar-refractivity contribution is 5.69. The zero-order chi connectivity index (χ0) is 25.3. The van der Waals surface area contributed by atoms with Gasteiger partial charge in [0, 0.05) is 31.1 Å². The van der Waals surface area contributed by atoms with E-state index in [4.69, 9.17) is 0 Å². The van der Waals surface area contributed by atoms with Crippen LogP contribution < -0.4 is 5.11 Å². The van der Waals surface area contributed by atoms with Gasteiger partial charge in [-0.1, -0.05) is 52.7 Å². The summed E-state index contributed by atoms with van der Waals surface area (Å²) in [5.74, 6) is -4.33. The molecule has 0 fully saturated rings. The number of hydrogen-bond acceptors (Lipinski definition) is 4. The number of unbranched alkanes of at least 4 members (excludes halogenated alkanes) is 5. The second-order valence-corrected chi connectivity index (χ2v) is 9.74. The Hall–Kier alpha value is -1.89. The molecule has 0 aliphatic rings. The predicted molar refractivity (Wildman–Crippen MR) is 128 cm³/mol. The molecule has 0 aromatic heterocycles. The van der Waals surface area contributed by atoms with E-state index in [9.17, 15) is 29.7 Å². The number of nitrogens with zero attached hydrogens (tertiary/aromatic N) is 1. The van der Waals surface area contributed by atoms with Gasteiger partial charge in [0.05, 0.1) is 38.0 Å². The Labute approximate surface area is 200 Å². The van der Waals surface area contributed by atoms with Gasteiger partial charge < -0.3 is 24.6 Å². The van der Waals surface area contributed by atoms with Crippen LogP contribution in [0.1, 0.15) is 91.9 Å². The maximum atomic E-state index is 11.4. The van der Waals surface area contributed by atoms with Crippen LogP contribution in [-0.2, 0) is 14.4 Å². The Bertz CT molecular complexity index is 544. The first-order chi connectivity index (χ1) is 15.5. The SMILES string of the molecule is CC/C=C/CCCCCCC[N+](CCC(C)C(=O)[O-])(CCC(C)C(=O)O)CCC(C)C(=O)O. The number of quaternary nitrogens is 1. The van der Waals surface area contributed by atoms with E-state index in [0.29, 0.717) is 43.4 Å². The summed E-state index contributed by atoms with van der Waals surface area (Å²) in [7, 11) is 0. The largest absolute Gasteiger partial charge is 0.550 e. The first-order valence-electron chi connectivity index (χ1n) is 12.7. The lowest BCUT2D eigenvalue weighted by atomic mass is 10.0. The van der Waals surface area contributed by atoms with E-state index in [1.807, 2.05) is 0 Å². The van der Waals surface area contributed by atoms with Crippen LogP contribution in [0.2, 0.25) is 0 Å². The van der Waals surface area contributed by atoms with Crippen molar-refractivity contribution in [2.75, 3.05) is 26.2 Å². The van der Waals surface area contributed by atoms with Gasteiger partial charge in [0.25, 0.3) is 0 Å². The van der Waals surface area contributed by atoms with Crippen LogP contribution >= 0.6 is 0 Å². The van der Waals surface area contributed by atoms with E-state index in [0.717, 1.165) is 38.6 Å². The number of aliphatic carboxylic acids is 3. The fourth-order valence-corrected chi connectivity index (χ4v) is 3.96. The molecule has 0 bridgehead atoms. The smallest absolute Gasteiger partial charge is 0.306 e. The van der Waals surface area contributed by atoms with Crippen molar-refractivity contribution >= 4 is 17.9 Å². The van der Waals surface area contributed by atoms with E-state index in [1.54, 1.807) is 20.8 Å². The normalized spacial score (nSPS) is 16.2. The van der Waals surface area contributed by atoms with E-state index in [-0.39, 0.29) is 0 Å². The highest BCUT2D eigenvalue weighted by Gasteiger charge is 2.30. The fourth-order valence-electron chi connectivity index (χ4n) is 3.96. The topological polar surface area (TPSA) is 115 Å². The lowest BCUT2D eigenvalue weighted by molar-refractivity contribution is -0.929. The maximum Gasteiger partial charge on any atom is 0.306 e. The Balaban J connectivity index is 5.16. The Morgan fingerprint density at radius 2 is 1.18 bits per heavy atom. The Kier molecular flexibility index (Phi) is 16.6. The molecule has 0 radical (unpaired) electrons. The summed E-state index contributed by atoms with van der Waals surface area (Å²) < 4.78 is 0.575. The van der Waals surface area contributed by atoms with Crippen LogP contribution in [0.5, 0.6) is 0 Å². The Morgan fingerprint density at radius 3 is 1.64 bits per heavy atom. The van der Waals surface area contributed by atoms with Crippen molar-refractivity contribution in [3.63, 3.8) is 0 Å². The van der Waals surface area contributed by atoms with Crippen LogP contribution in [0.3, 0.4) is 0 Å². The molecule has 7 heteroatoms. The van der Waals surface area contributed by atoms with Gasteiger partial charge in [0.15, 0.2) is 0 Å². The highest BCUT2D eigenvalue weighted by Crippen LogP contribution is 2.21. The first kappa shape index (κ1) is 31.1. The van der Waals surface area contributed by atoms with E-state index >= 15 is 0 Å². The number of hydrogen-bond donors (Lipinski definition) is 2. The molecular formula is C26H47NO6. The van der Waals surface area contributed by atoms with Crippen molar-refractivity contribution in [1.29, 1.82) is 0 Å². The summed E-state index contributed by atoms with van der Waals surface area (Å²) in [6.45, 7) is 9.77. The van der Waals surface area contributed by atoms with Crippen LogP contribution in [-0.4, -0.2) is 58.8 Å². The minimum absolute atomic E-state index is 0.439. The van der Waals surface area contributed by atoms with E-state index in [2.05, 4.69) is 19.1 Å². The quantitative estimate of drug-likeness (QED) is 0.149. The third-order valence-electron chi connectivity index (χ3n) is 6.76. The summed E-state index contributed by atoms with van der Waals surface area (Å²) >= 11 is 0. The standard InChI is InChI=1S/C26H47NO6/c1-5-6-7-8-9-10-11-12-13-17-27(18-14-21(2)24(28)29,19-15-22(3)25(30)31)20-16-23(4)26(32)33/h6-7,21-23H,5,8-20H2,1-4H3,(H2-,28,29,30,31,32,33)/b7-6+. The summed E-state index contributed by atoms with van der Waals surface area (Å²) in [6, 6.07) is 0. The molecule has 192 valence electrons. The summed E-state index contributed by atoms with van der Waals surface area (Å²) in [6.07, 6.45) is 13.5. The monoisotopic (exact) mass is 469 g/mol. The molecule has 33 heavy (non-hydrogen) atoms. The molecule has 3 unspecified atom stereocenters. The molecule has 2 N–H and O–H groups in total. The number of carbonyl (C=O) groups excluding carboxylic acids is 1. The number of allylic oxidation sites excluding steroid dienone is 2. The molecular weight excluding hydrogens is 422 g/mol. The van der Waals surface area contributed by atoms with Crippen LogP contribution in [0.15, 0.2) is 12.2 Å². The molecule has 0 aromatic carbocycles. The number of carboxylic acid groups (broad SMARTS) is 3. The summed E-state index contributed by atoms with van der Waals surface area (Å²) in [5.41, 5.74) is 0. The predicted octanol–water partition coefficient (Wildman–Crippen LogP) is 4.11. The van der Waals surface area contributed by atoms with Crippen molar-refractivity contribution < 1.29 is 34.2 Å². The van der Waals surface area contributed by atoms with Gasteiger partial charge in [0.2, 0.25) is 0 Å². The number of carbonyl (C=O) groups is 3. The van der Waals surface area contributed by atoms with Crippen molar-refractivity contribution in [3.05, 3.63) is 12.2 Å². The average molecular weight is 470 g/mol. The van der Waals surface area contributed by atoms with Gasteiger partial charge in [-0.05, 0) is 32.1 Å². The minimum atomic E-state index is -1.08. The Morgan fingerprint density at radius 1 is 0.727 bits per heavy atom. The van der Waals surface area contributed by atoms with Crippen molar-refractivity contribution in [2.24, 2.45) is 17.8 Å². The zero-order valence-electron chi connectivity index (χ0n) is 21.3. The van der Waals surface area contributed by atoms with Crippen LogP contribution in [0.4, 0.5) is 0 Å². The third-order valence-corrected chi connectivity index (χ3v) is 6.76. The molecule has 0 aliphatic carbocycles. The van der Waals surface area contributed by atoms with Crippen LogP contribution in [0.25, 0.3) is 0 Å². The van der Waals surface area contributed by atoms with Crippen molar-refractivity contribution in [3.8, 4) is 0 Å². The molecule has 0 saturated carbocycles. The molecule has 0 amide bonds. The molecule has 0 saturated heterocycles. The fraction of sp³-hybridized carbons (Fsp3) is 0.808. The number of carboxylic acids is 3. The first-order valence-corrected chi connectivity index (χ1v) is 12.7. The second-order valence-electron chi connectivity index (χ2n) is 9.74. The molecule has 7 nitrogen and oxygen atoms in total. The summed E-state index contributed by atoms with van der Waals surface area (Å²) in [4.78, 5) is 34.0.